The van der Waals surface area contributed by atoms with Crippen LogP contribution in [0.1, 0.15) is 84.4 Å². The van der Waals surface area contributed by atoms with Crippen molar-refractivity contribution in [2.75, 3.05) is 20.1 Å². The Morgan fingerprint density at radius 2 is 1.50 bits per heavy atom. The van der Waals surface area contributed by atoms with Gasteiger partial charge in [-0.05, 0) is 64.0 Å². The van der Waals surface area contributed by atoms with Crippen LogP contribution in [0.25, 0.3) is 0 Å². The number of likely N-dealkylation sites (N-methyl/N-ethyl adjacent to an activating group) is 1. The topological polar surface area (TPSA) is 128 Å². The maximum Gasteiger partial charge on any atom is 0.410 e. The first kappa shape index (κ1) is 36.4. The second-order valence-corrected chi connectivity index (χ2v) is 14.3. The standard InChI is InChI=1S/C37H51N5O6/c1-24(2)22-31(43)41-21-20-28-18-19-30(34(45)39-32(26-14-10-8-11-15-26)27-16-12-9-13-17-27)42(28)35(46)29(23-41)38-33(44)25(3)40(7)36(47)48-37(4,5)6/h8-17,24-25,28-30,32H,18-23H2,1-7H3,(H,38,44)(H,39,45)/t25-,28+,29-,30-/m0/s1. The fourth-order valence-electron chi connectivity index (χ4n) is 6.29. The molecule has 2 N–H and O–H groups in total. The number of nitrogens with zero attached hydrogens (tertiary/aromatic N) is 3. The third-order valence-corrected chi connectivity index (χ3v) is 8.94. The van der Waals surface area contributed by atoms with Gasteiger partial charge >= 0.3 is 6.09 Å². The normalized spacial score (nSPS) is 20.4. The van der Waals surface area contributed by atoms with E-state index in [0.717, 1.165) is 11.1 Å². The molecule has 0 unspecified atom stereocenters. The van der Waals surface area contributed by atoms with Gasteiger partial charge in [-0.2, -0.15) is 0 Å². The lowest BCUT2D eigenvalue weighted by Crippen LogP contribution is -2.62. The average Bonchev–Trinajstić information content (AvgIpc) is 3.46. The van der Waals surface area contributed by atoms with Gasteiger partial charge in [0.05, 0.1) is 6.04 Å². The van der Waals surface area contributed by atoms with Gasteiger partial charge in [0.1, 0.15) is 23.7 Å². The molecule has 0 saturated carbocycles. The molecule has 5 amide bonds. The van der Waals surface area contributed by atoms with Crippen molar-refractivity contribution < 1.29 is 28.7 Å². The Morgan fingerprint density at radius 3 is 2.04 bits per heavy atom. The summed E-state index contributed by atoms with van der Waals surface area (Å²) in [6.07, 6.45) is 1.21. The second-order valence-electron chi connectivity index (χ2n) is 14.3. The molecule has 2 fully saturated rings. The Labute approximate surface area is 284 Å². The van der Waals surface area contributed by atoms with Crippen LogP contribution < -0.4 is 10.6 Å². The monoisotopic (exact) mass is 661 g/mol. The smallest absolute Gasteiger partial charge is 0.410 e. The minimum absolute atomic E-state index is 0.0345. The van der Waals surface area contributed by atoms with Crippen LogP contribution in [-0.4, -0.2) is 94.3 Å². The van der Waals surface area contributed by atoms with Crippen molar-refractivity contribution in [1.82, 2.24) is 25.3 Å². The van der Waals surface area contributed by atoms with Gasteiger partial charge in [0.15, 0.2) is 0 Å². The zero-order valence-electron chi connectivity index (χ0n) is 29.3. The lowest BCUT2D eigenvalue weighted by atomic mass is 9.98. The van der Waals surface area contributed by atoms with E-state index in [2.05, 4.69) is 10.6 Å². The first-order chi connectivity index (χ1) is 22.7. The Hall–Kier alpha value is -4.41. The first-order valence-corrected chi connectivity index (χ1v) is 16.9. The average molecular weight is 662 g/mol. The predicted octanol–water partition coefficient (Wildman–Crippen LogP) is 4.27. The number of carbonyl (C=O) groups excluding carboxylic acids is 5. The van der Waals surface area contributed by atoms with Crippen molar-refractivity contribution >= 4 is 29.7 Å². The van der Waals surface area contributed by atoms with Crippen LogP contribution in [0.15, 0.2) is 60.7 Å². The van der Waals surface area contributed by atoms with E-state index in [9.17, 15) is 24.0 Å². The molecular weight excluding hydrogens is 610 g/mol. The molecule has 0 aliphatic carbocycles. The van der Waals surface area contributed by atoms with Crippen LogP contribution in [0.3, 0.4) is 0 Å². The molecule has 0 spiro atoms. The summed E-state index contributed by atoms with van der Waals surface area (Å²) in [6.45, 7) is 11.0. The third-order valence-electron chi connectivity index (χ3n) is 8.94. The molecule has 0 bridgehead atoms. The number of nitrogens with one attached hydrogen (secondary N) is 2. The summed E-state index contributed by atoms with van der Waals surface area (Å²) in [5, 5.41) is 6.04. The van der Waals surface area contributed by atoms with Gasteiger partial charge in [-0.15, -0.1) is 0 Å². The number of rotatable bonds is 9. The van der Waals surface area contributed by atoms with Gasteiger partial charge in [0.2, 0.25) is 23.6 Å². The van der Waals surface area contributed by atoms with E-state index in [-0.39, 0.29) is 30.3 Å². The molecule has 2 aromatic carbocycles. The van der Waals surface area contributed by atoms with Gasteiger partial charge in [-0.25, -0.2) is 4.79 Å². The number of fused-ring (bicyclic) bond motifs is 1. The summed E-state index contributed by atoms with van der Waals surface area (Å²) in [5.41, 5.74) is 1.07. The molecule has 2 heterocycles. The molecule has 2 aliphatic heterocycles. The number of ether oxygens (including phenoxy) is 1. The lowest BCUT2D eigenvalue weighted by Gasteiger charge is -2.39. The van der Waals surface area contributed by atoms with Crippen LogP contribution in [-0.2, 0) is 23.9 Å². The molecular formula is C37H51N5O6. The molecule has 48 heavy (non-hydrogen) atoms. The van der Waals surface area contributed by atoms with Crippen molar-refractivity contribution in [2.24, 2.45) is 5.92 Å². The highest BCUT2D eigenvalue weighted by molar-refractivity contribution is 5.95. The van der Waals surface area contributed by atoms with Gasteiger partial charge in [-0.3, -0.25) is 24.1 Å². The number of hydrogen-bond acceptors (Lipinski definition) is 6. The van der Waals surface area contributed by atoms with Crippen molar-refractivity contribution in [3.8, 4) is 0 Å². The van der Waals surface area contributed by atoms with Crippen molar-refractivity contribution in [1.29, 1.82) is 0 Å². The minimum atomic E-state index is -1.11. The van der Waals surface area contributed by atoms with Gasteiger partial charge in [-0.1, -0.05) is 74.5 Å². The van der Waals surface area contributed by atoms with E-state index in [0.29, 0.717) is 32.2 Å². The highest BCUT2D eigenvalue weighted by Crippen LogP contribution is 2.31. The molecule has 2 aromatic rings. The highest BCUT2D eigenvalue weighted by Gasteiger charge is 2.46. The van der Waals surface area contributed by atoms with Crippen LogP contribution in [0, 0.1) is 5.92 Å². The van der Waals surface area contributed by atoms with Gasteiger partial charge < -0.3 is 25.2 Å². The van der Waals surface area contributed by atoms with Crippen LogP contribution in [0.5, 0.6) is 0 Å². The van der Waals surface area contributed by atoms with Crippen molar-refractivity contribution in [3.63, 3.8) is 0 Å². The zero-order chi connectivity index (χ0) is 35.2. The minimum Gasteiger partial charge on any atom is -0.444 e. The molecule has 2 saturated heterocycles. The molecule has 4 atom stereocenters. The van der Waals surface area contributed by atoms with E-state index in [1.165, 1.54) is 11.9 Å². The van der Waals surface area contributed by atoms with Gasteiger partial charge in [0.25, 0.3) is 0 Å². The molecule has 260 valence electrons. The maximum absolute atomic E-state index is 14.4. The summed E-state index contributed by atoms with van der Waals surface area (Å²) in [5.74, 6) is -1.24. The largest absolute Gasteiger partial charge is 0.444 e. The number of amides is 5. The quantitative estimate of drug-likeness (QED) is 0.413. The number of hydrogen-bond donors (Lipinski definition) is 2. The summed E-state index contributed by atoms with van der Waals surface area (Å²) in [7, 11) is 1.46. The van der Waals surface area contributed by atoms with E-state index in [1.807, 2.05) is 74.5 Å². The molecule has 2 aliphatic rings. The zero-order valence-corrected chi connectivity index (χ0v) is 29.3. The Bertz CT molecular complexity index is 1400. The Morgan fingerprint density at radius 1 is 0.917 bits per heavy atom. The van der Waals surface area contributed by atoms with Crippen molar-refractivity contribution in [2.45, 2.75) is 103 Å². The fraction of sp³-hybridized carbons (Fsp3) is 0.541. The first-order valence-electron chi connectivity index (χ1n) is 16.9. The second kappa shape index (κ2) is 15.7. The molecule has 11 heteroatoms. The van der Waals surface area contributed by atoms with E-state index < -0.39 is 47.7 Å². The van der Waals surface area contributed by atoms with E-state index >= 15 is 0 Å². The van der Waals surface area contributed by atoms with Gasteiger partial charge in [0, 0.05) is 32.6 Å². The summed E-state index contributed by atoms with van der Waals surface area (Å²) < 4.78 is 5.43. The lowest BCUT2D eigenvalue weighted by molar-refractivity contribution is -0.147. The maximum atomic E-state index is 14.4. The van der Waals surface area contributed by atoms with Crippen LogP contribution in [0.4, 0.5) is 4.79 Å². The highest BCUT2D eigenvalue weighted by atomic mass is 16.6. The molecule has 0 aromatic heterocycles. The van der Waals surface area contributed by atoms with Crippen LogP contribution in [0.2, 0.25) is 0 Å². The number of benzene rings is 2. The summed E-state index contributed by atoms with van der Waals surface area (Å²) in [4.78, 5) is 72.6. The summed E-state index contributed by atoms with van der Waals surface area (Å²) in [6, 6.07) is 15.8. The SMILES string of the molecule is CC(C)CC(=O)N1CC[C@H]2CC[C@@H](C(=O)NC(c3ccccc3)c3ccccc3)N2C(=O)[C@@H](NC(=O)[C@H](C)N(C)C(=O)OC(C)(C)C)C1. The Kier molecular flexibility index (Phi) is 11.9. The molecule has 0 radical (unpaired) electrons. The van der Waals surface area contributed by atoms with Crippen molar-refractivity contribution in [3.05, 3.63) is 71.8 Å². The van der Waals surface area contributed by atoms with E-state index in [1.54, 1.807) is 37.5 Å². The van der Waals surface area contributed by atoms with E-state index in [4.69, 9.17) is 4.74 Å². The Balaban J connectivity index is 1.59. The number of carbonyl (C=O) groups is 5. The molecule has 4 rings (SSSR count). The predicted molar refractivity (Wildman–Crippen MR) is 183 cm³/mol. The fourth-order valence-corrected chi connectivity index (χ4v) is 6.29. The summed E-state index contributed by atoms with van der Waals surface area (Å²) >= 11 is 0. The third kappa shape index (κ3) is 9.14. The van der Waals surface area contributed by atoms with Crippen LogP contribution >= 0.6 is 0 Å². The molecule has 11 nitrogen and oxygen atoms in total.